The number of nitriles is 1. The van der Waals surface area contributed by atoms with Crippen LogP contribution in [0.2, 0.25) is 5.02 Å². The number of nitrogens with zero attached hydrogens (tertiary/aromatic N) is 8. The molecule has 3 aliphatic rings. The van der Waals surface area contributed by atoms with Crippen molar-refractivity contribution in [1.82, 2.24) is 29.4 Å². The Morgan fingerprint density at radius 2 is 1.97 bits per heavy atom. The van der Waals surface area contributed by atoms with Gasteiger partial charge in [-0.2, -0.15) is 14.8 Å². The van der Waals surface area contributed by atoms with Crippen LogP contribution in [0, 0.1) is 11.3 Å². The number of imidazole rings is 1. The van der Waals surface area contributed by atoms with Crippen molar-refractivity contribution >= 4 is 52.2 Å². The minimum absolute atomic E-state index is 0.203. The highest BCUT2D eigenvalue weighted by atomic mass is 35.5. The number of piperazine rings is 1. The third-order valence-corrected chi connectivity index (χ3v) is 7.60. The molecular formula is C24H28ClN11O2. The molecule has 1 aromatic carbocycles. The maximum absolute atomic E-state index is 11.5. The molecule has 0 bridgehead atoms. The molecule has 4 heterocycles. The Bertz CT molecular complexity index is 1420. The summed E-state index contributed by atoms with van der Waals surface area (Å²) in [4.78, 5) is 27.3. The largest absolute Gasteiger partial charge is 0.465 e. The predicted molar refractivity (Wildman–Crippen MR) is 144 cm³/mol. The number of carbonyl (C=O) groups is 1. The van der Waals surface area contributed by atoms with Gasteiger partial charge in [0.2, 0.25) is 5.95 Å². The van der Waals surface area contributed by atoms with E-state index in [4.69, 9.17) is 11.6 Å². The van der Waals surface area contributed by atoms with Gasteiger partial charge in [-0.25, -0.2) is 9.78 Å². The van der Waals surface area contributed by atoms with E-state index in [1.807, 2.05) is 0 Å². The van der Waals surface area contributed by atoms with Gasteiger partial charge in [0.25, 0.3) is 0 Å². The molecule has 0 atom stereocenters. The van der Waals surface area contributed by atoms with Crippen molar-refractivity contribution in [2.24, 2.45) is 0 Å². The molecule has 1 amide bonds. The van der Waals surface area contributed by atoms with E-state index in [9.17, 15) is 15.2 Å². The van der Waals surface area contributed by atoms with E-state index in [0.717, 1.165) is 57.8 Å². The zero-order chi connectivity index (χ0) is 26.4. The van der Waals surface area contributed by atoms with Crippen molar-refractivity contribution in [3.8, 4) is 6.07 Å². The maximum Gasteiger partial charge on any atom is 0.409 e. The van der Waals surface area contributed by atoms with Crippen molar-refractivity contribution in [3.63, 3.8) is 0 Å². The minimum atomic E-state index is -1.17. The molecule has 2 aromatic heterocycles. The number of halogens is 1. The average molecular weight is 538 g/mol. The fourth-order valence-corrected chi connectivity index (χ4v) is 5.12. The number of nitrogens with one attached hydrogen (secondary N) is 3. The van der Waals surface area contributed by atoms with Gasteiger partial charge in [-0.05, 0) is 32.0 Å². The van der Waals surface area contributed by atoms with E-state index in [2.05, 4.69) is 58.8 Å². The Morgan fingerprint density at radius 1 is 1.21 bits per heavy atom. The summed E-state index contributed by atoms with van der Waals surface area (Å²) < 4.78 is 1.43. The van der Waals surface area contributed by atoms with Gasteiger partial charge in [-0.15, -0.1) is 5.10 Å². The maximum atomic E-state index is 11.5. The van der Waals surface area contributed by atoms with Crippen LogP contribution in [0.1, 0.15) is 18.5 Å². The summed E-state index contributed by atoms with van der Waals surface area (Å²) in [6, 6.07) is 6.18. The summed E-state index contributed by atoms with van der Waals surface area (Å²) in [6.07, 6.45) is 2.35. The lowest BCUT2D eigenvalue weighted by Gasteiger charge is -2.49. The van der Waals surface area contributed by atoms with Crippen molar-refractivity contribution < 1.29 is 9.90 Å². The lowest BCUT2D eigenvalue weighted by atomic mass is 10.0. The van der Waals surface area contributed by atoms with Crippen molar-refractivity contribution in [3.05, 3.63) is 29.0 Å². The van der Waals surface area contributed by atoms with E-state index in [1.165, 1.54) is 10.7 Å². The predicted octanol–water partition coefficient (Wildman–Crippen LogP) is 2.49. The second-order valence-electron chi connectivity index (χ2n) is 10.0. The Hall–Kier alpha value is -3.86. The van der Waals surface area contributed by atoms with Gasteiger partial charge in [-0.1, -0.05) is 11.6 Å². The Kier molecular flexibility index (Phi) is 6.30. The molecule has 3 aromatic rings. The molecule has 4 N–H and O–H groups in total. The van der Waals surface area contributed by atoms with Gasteiger partial charge in [0.05, 0.1) is 22.6 Å². The van der Waals surface area contributed by atoms with Gasteiger partial charge in [0, 0.05) is 57.0 Å². The number of amides is 1. The standard InChI is InChI=1S/C24H28ClN11O2/c1-33-4-6-34(7-5-33)17-12-35(13-17)19-9-15(29-24(37)38)8-18(20(19)25)30-23-31-21(28-14-2-3-14)22-27-11-16(10-26)36(22)32-23/h8-9,11,14,17,29H,2-7,12-13H2,1H3,(H,37,38)(H2,28,30,31,32). The number of rotatable bonds is 7. The topological polar surface area (TPSA) is 150 Å². The van der Waals surface area contributed by atoms with E-state index in [-0.39, 0.29) is 11.6 Å². The zero-order valence-electron chi connectivity index (χ0n) is 20.9. The molecular weight excluding hydrogens is 510 g/mol. The molecule has 1 aliphatic carbocycles. The second kappa shape index (κ2) is 9.79. The van der Waals surface area contributed by atoms with Crippen molar-refractivity contribution in [1.29, 1.82) is 5.26 Å². The van der Waals surface area contributed by atoms with Crippen LogP contribution < -0.4 is 20.9 Å². The first-order valence-corrected chi connectivity index (χ1v) is 13.0. The highest BCUT2D eigenvalue weighted by Gasteiger charge is 2.35. The van der Waals surface area contributed by atoms with Crippen LogP contribution in [0.25, 0.3) is 5.65 Å². The molecule has 2 saturated heterocycles. The normalized spacial score (nSPS) is 18.7. The Morgan fingerprint density at radius 3 is 2.66 bits per heavy atom. The lowest BCUT2D eigenvalue weighted by Crippen LogP contribution is -2.63. The summed E-state index contributed by atoms with van der Waals surface area (Å²) in [7, 11) is 2.14. The number of carboxylic acid groups (broad SMARTS) is 1. The van der Waals surface area contributed by atoms with Gasteiger partial charge in [0.15, 0.2) is 17.2 Å². The smallest absolute Gasteiger partial charge is 0.409 e. The van der Waals surface area contributed by atoms with E-state index < -0.39 is 6.09 Å². The van der Waals surface area contributed by atoms with Crippen LogP contribution in [-0.4, -0.2) is 99.0 Å². The number of hydrogen-bond acceptors (Lipinski definition) is 10. The number of anilines is 5. The monoisotopic (exact) mass is 537 g/mol. The SMILES string of the molecule is CN1CCN(C2CN(c3cc(NC(=O)O)cc(Nc4nc(NC5CC5)c5ncc(C#N)n5n4)c3Cl)C2)CC1. The molecule has 0 spiro atoms. The van der Waals surface area contributed by atoms with E-state index in [1.54, 1.807) is 12.1 Å². The molecule has 0 radical (unpaired) electrons. The first-order valence-electron chi connectivity index (χ1n) is 12.6. The van der Waals surface area contributed by atoms with Crippen LogP contribution in [0.15, 0.2) is 18.3 Å². The van der Waals surface area contributed by atoms with Crippen LogP contribution >= 0.6 is 11.6 Å². The number of aromatic nitrogens is 4. The Labute approximate surface area is 224 Å². The zero-order valence-corrected chi connectivity index (χ0v) is 21.6. The Balaban J connectivity index is 1.29. The van der Waals surface area contributed by atoms with E-state index >= 15 is 0 Å². The summed E-state index contributed by atoms with van der Waals surface area (Å²) in [5.74, 6) is 0.717. The first-order chi connectivity index (χ1) is 18.4. The second-order valence-corrected chi connectivity index (χ2v) is 10.4. The number of benzene rings is 1. The van der Waals surface area contributed by atoms with E-state index in [0.29, 0.717) is 39.9 Å². The molecule has 38 heavy (non-hydrogen) atoms. The lowest BCUT2D eigenvalue weighted by molar-refractivity contribution is 0.0964. The molecule has 3 fully saturated rings. The summed E-state index contributed by atoms with van der Waals surface area (Å²) in [5.41, 5.74) is 2.28. The molecule has 0 unspecified atom stereocenters. The van der Waals surface area contributed by atoms with Crippen LogP contribution in [0.5, 0.6) is 0 Å². The average Bonchev–Trinajstić information content (AvgIpc) is 3.57. The minimum Gasteiger partial charge on any atom is -0.465 e. The van der Waals surface area contributed by atoms with Gasteiger partial charge >= 0.3 is 6.09 Å². The highest BCUT2D eigenvalue weighted by Crippen LogP contribution is 2.40. The fourth-order valence-electron chi connectivity index (χ4n) is 4.84. The molecule has 2 aliphatic heterocycles. The quantitative estimate of drug-likeness (QED) is 0.352. The third kappa shape index (κ3) is 4.85. The number of likely N-dealkylation sites (N-methyl/N-ethyl adjacent to an activating group) is 1. The summed E-state index contributed by atoms with van der Waals surface area (Å²) in [5, 5.41) is 32.7. The van der Waals surface area contributed by atoms with Crippen molar-refractivity contribution in [2.75, 3.05) is 67.2 Å². The molecule has 1 saturated carbocycles. The van der Waals surface area contributed by atoms with Crippen LogP contribution in [0.3, 0.4) is 0 Å². The van der Waals surface area contributed by atoms with Crippen LogP contribution in [0.4, 0.5) is 33.6 Å². The number of fused-ring (bicyclic) bond motifs is 1. The van der Waals surface area contributed by atoms with Crippen molar-refractivity contribution in [2.45, 2.75) is 24.9 Å². The molecule has 13 nitrogen and oxygen atoms in total. The third-order valence-electron chi connectivity index (χ3n) is 7.20. The molecule has 14 heteroatoms. The van der Waals surface area contributed by atoms with Gasteiger partial charge in [0.1, 0.15) is 6.07 Å². The van der Waals surface area contributed by atoms with Crippen LogP contribution in [-0.2, 0) is 0 Å². The molecule has 198 valence electrons. The highest BCUT2D eigenvalue weighted by molar-refractivity contribution is 6.36. The van der Waals surface area contributed by atoms with Gasteiger partial charge in [-0.3, -0.25) is 10.2 Å². The van der Waals surface area contributed by atoms with Gasteiger partial charge < -0.3 is 25.5 Å². The summed E-state index contributed by atoms with van der Waals surface area (Å²) in [6.45, 7) is 5.78. The number of hydrogen-bond donors (Lipinski definition) is 4. The summed E-state index contributed by atoms with van der Waals surface area (Å²) >= 11 is 6.87. The fraction of sp³-hybridized carbons (Fsp3) is 0.458. The molecule has 6 rings (SSSR count). The first kappa shape index (κ1) is 24.5.